The maximum absolute atomic E-state index is 13.2. The number of fused-ring (bicyclic) bond motifs is 1. The molecule has 2 unspecified atom stereocenters. The number of rotatable bonds is 8. The third-order valence-electron chi connectivity index (χ3n) is 7.70. The highest BCUT2D eigenvalue weighted by molar-refractivity contribution is 5.90. The fourth-order valence-corrected chi connectivity index (χ4v) is 5.79. The van der Waals surface area contributed by atoms with E-state index in [2.05, 4.69) is 15.1 Å². The number of aryl methyl sites for hydroxylation is 3. The summed E-state index contributed by atoms with van der Waals surface area (Å²) in [5.74, 6) is 1.27. The quantitative estimate of drug-likeness (QED) is 0.431. The summed E-state index contributed by atoms with van der Waals surface area (Å²) in [6.45, 7) is 3.91. The number of aliphatic hydroxyl groups excluding tert-OH is 1. The Morgan fingerprint density at radius 3 is 2.70 bits per heavy atom. The monoisotopic (exact) mass is 506 g/mol. The van der Waals surface area contributed by atoms with Gasteiger partial charge >= 0.3 is 5.97 Å². The minimum absolute atomic E-state index is 0.0919. The van der Waals surface area contributed by atoms with Crippen molar-refractivity contribution in [1.29, 1.82) is 0 Å². The van der Waals surface area contributed by atoms with Crippen molar-refractivity contribution in [3.63, 3.8) is 0 Å². The number of ether oxygens (including phenoxy) is 2. The molecule has 1 aliphatic carbocycles. The van der Waals surface area contributed by atoms with Crippen LogP contribution in [0.4, 0.5) is 0 Å². The van der Waals surface area contributed by atoms with Crippen molar-refractivity contribution in [3.8, 4) is 11.5 Å². The summed E-state index contributed by atoms with van der Waals surface area (Å²) in [5.41, 5.74) is 2.97. The molecule has 0 amide bonds. The average Bonchev–Trinajstić information content (AvgIpc) is 3.55. The molecule has 5 rings (SSSR count). The van der Waals surface area contributed by atoms with Gasteiger partial charge in [-0.2, -0.15) is 4.98 Å². The second-order valence-corrected chi connectivity index (χ2v) is 10.1. The molecule has 2 atom stereocenters. The van der Waals surface area contributed by atoms with Gasteiger partial charge < -0.3 is 19.7 Å². The van der Waals surface area contributed by atoms with Crippen LogP contribution in [0.3, 0.4) is 0 Å². The lowest BCUT2D eigenvalue weighted by atomic mass is 9.79. The number of phenolic OH excluding ortho intramolecular Hbond substituents is 1. The van der Waals surface area contributed by atoms with E-state index in [1.807, 2.05) is 26.1 Å². The number of aliphatic hydroxyl groups is 1. The van der Waals surface area contributed by atoms with Crippen LogP contribution in [0.1, 0.15) is 61.5 Å². The summed E-state index contributed by atoms with van der Waals surface area (Å²) in [5, 5.41) is 26.1. The number of hydrogen-bond donors (Lipinski definition) is 2. The summed E-state index contributed by atoms with van der Waals surface area (Å²) in [7, 11) is 1.58. The Hall–Kier alpha value is -3.62. The number of benzene rings is 1. The summed E-state index contributed by atoms with van der Waals surface area (Å²) in [6, 6.07) is 3.60. The lowest BCUT2D eigenvalue weighted by Crippen LogP contribution is -2.39. The number of hydrogen-bond acceptors (Lipinski definition) is 8. The molecule has 2 aromatic heterocycles. The topological polar surface area (TPSA) is 119 Å². The minimum Gasteiger partial charge on any atom is -0.511 e. The van der Waals surface area contributed by atoms with Gasteiger partial charge in [-0.1, -0.05) is 19.8 Å². The van der Waals surface area contributed by atoms with E-state index in [1.165, 1.54) is 0 Å². The number of phenols is 1. The third kappa shape index (κ3) is 4.99. The van der Waals surface area contributed by atoms with Gasteiger partial charge in [-0.05, 0) is 67.7 Å². The van der Waals surface area contributed by atoms with E-state index in [1.54, 1.807) is 23.9 Å². The van der Waals surface area contributed by atoms with E-state index in [9.17, 15) is 15.0 Å². The van der Waals surface area contributed by atoms with Crippen LogP contribution in [0.2, 0.25) is 0 Å². The van der Waals surface area contributed by atoms with Crippen LogP contribution in [0, 0.1) is 18.8 Å². The van der Waals surface area contributed by atoms with Crippen molar-refractivity contribution in [2.24, 2.45) is 11.8 Å². The lowest BCUT2D eigenvalue weighted by Gasteiger charge is -2.36. The molecule has 0 bridgehead atoms. The van der Waals surface area contributed by atoms with Gasteiger partial charge in [-0.25, -0.2) is 14.3 Å². The van der Waals surface area contributed by atoms with E-state index in [4.69, 9.17) is 9.47 Å². The Balaban J connectivity index is 1.42. The molecule has 1 aliphatic heterocycles. The molecule has 3 aromatic rings. The van der Waals surface area contributed by atoms with Crippen molar-refractivity contribution in [2.45, 2.75) is 71.3 Å². The van der Waals surface area contributed by atoms with Gasteiger partial charge in [0.2, 0.25) is 0 Å². The first kappa shape index (κ1) is 25.0. The van der Waals surface area contributed by atoms with Gasteiger partial charge in [0.05, 0.1) is 18.6 Å². The number of carbonyl (C=O) groups is 1. The van der Waals surface area contributed by atoms with Crippen LogP contribution in [0.5, 0.6) is 11.5 Å². The highest BCUT2D eigenvalue weighted by Crippen LogP contribution is 2.42. The predicted octanol–water partition coefficient (Wildman–Crippen LogP) is 4.43. The standard InChI is InChI=1S/C28H34N4O5/c1-4-17-11-19(23(36-3)13-21(17)33)9-10-22-25(18-7-5-6-8-18)26(34)20(27(35)37-22)12-24-30-28-29-14-16(2)15-32(28)31-24/h11,13-15,18,22,25,33-34H,4-10,12H2,1-3H3. The van der Waals surface area contributed by atoms with Crippen molar-refractivity contribution < 1.29 is 24.5 Å². The first-order valence-corrected chi connectivity index (χ1v) is 13.1. The molecule has 2 N–H and O–H groups in total. The van der Waals surface area contributed by atoms with E-state index < -0.39 is 12.1 Å². The number of aromatic nitrogens is 4. The number of carbonyl (C=O) groups excluding carboxylic acids is 1. The van der Waals surface area contributed by atoms with Crippen molar-refractivity contribution in [3.05, 3.63) is 58.4 Å². The molecule has 37 heavy (non-hydrogen) atoms. The summed E-state index contributed by atoms with van der Waals surface area (Å²) < 4.78 is 13.1. The number of methoxy groups -OCH3 is 1. The zero-order valence-corrected chi connectivity index (χ0v) is 21.6. The van der Waals surface area contributed by atoms with E-state index in [0.717, 1.165) is 42.4 Å². The molecule has 0 radical (unpaired) electrons. The molecule has 196 valence electrons. The van der Waals surface area contributed by atoms with Crippen LogP contribution < -0.4 is 4.74 Å². The number of nitrogens with zero attached hydrogens (tertiary/aromatic N) is 4. The molecule has 0 saturated heterocycles. The first-order chi connectivity index (χ1) is 17.9. The van der Waals surface area contributed by atoms with Gasteiger partial charge in [0.25, 0.3) is 5.78 Å². The largest absolute Gasteiger partial charge is 0.511 e. The molecule has 2 aliphatic rings. The Bertz CT molecular complexity index is 1340. The second kappa shape index (κ2) is 10.4. The summed E-state index contributed by atoms with van der Waals surface area (Å²) in [4.78, 5) is 21.9. The molecule has 9 nitrogen and oxygen atoms in total. The lowest BCUT2D eigenvalue weighted by molar-refractivity contribution is -0.152. The molecule has 3 heterocycles. The van der Waals surface area contributed by atoms with E-state index in [0.29, 0.717) is 36.6 Å². The Morgan fingerprint density at radius 2 is 1.97 bits per heavy atom. The minimum atomic E-state index is -0.522. The Labute approximate surface area is 216 Å². The third-order valence-corrected chi connectivity index (χ3v) is 7.70. The van der Waals surface area contributed by atoms with Crippen LogP contribution in [-0.4, -0.2) is 49.0 Å². The first-order valence-electron chi connectivity index (χ1n) is 13.1. The van der Waals surface area contributed by atoms with Crippen molar-refractivity contribution in [1.82, 2.24) is 19.6 Å². The summed E-state index contributed by atoms with van der Waals surface area (Å²) >= 11 is 0. The van der Waals surface area contributed by atoms with Crippen LogP contribution in [0.25, 0.3) is 5.78 Å². The molecular weight excluding hydrogens is 472 g/mol. The number of cyclic esters (lactones) is 1. The van der Waals surface area contributed by atoms with Gasteiger partial charge in [0, 0.05) is 24.9 Å². The average molecular weight is 507 g/mol. The molecule has 9 heteroatoms. The zero-order valence-electron chi connectivity index (χ0n) is 21.6. The zero-order chi connectivity index (χ0) is 26.1. The smallest absolute Gasteiger partial charge is 0.338 e. The fraction of sp³-hybridized carbons (Fsp3) is 0.500. The van der Waals surface area contributed by atoms with Crippen LogP contribution >= 0.6 is 0 Å². The van der Waals surface area contributed by atoms with E-state index >= 15 is 0 Å². The van der Waals surface area contributed by atoms with Crippen molar-refractivity contribution in [2.75, 3.05) is 7.11 Å². The number of esters is 1. The molecule has 1 fully saturated rings. The van der Waals surface area contributed by atoms with E-state index in [-0.39, 0.29) is 35.3 Å². The van der Waals surface area contributed by atoms with Crippen molar-refractivity contribution >= 4 is 11.7 Å². The highest BCUT2D eigenvalue weighted by atomic mass is 16.5. The van der Waals surface area contributed by atoms with Gasteiger partial charge in [-0.15, -0.1) is 5.10 Å². The van der Waals surface area contributed by atoms with Gasteiger partial charge in [0.1, 0.15) is 23.4 Å². The van der Waals surface area contributed by atoms with Gasteiger partial charge in [0.15, 0.2) is 5.82 Å². The highest BCUT2D eigenvalue weighted by Gasteiger charge is 2.43. The van der Waals surface area contributed by atoms with Crippen LogP contribution in [0.15, 0.2) is 35.9 Å². The molecule has 0 spiro atoms. The maximum Gasteiger partial charge on any atom is 0.338 e. The number of aromatic hydroxyl groups is 1. The Kier molecular flexibility index (Phi) is 7.04. The molecular formula is C28H34N4O5. The second-order valence-electron chi connectivity index (χ2n) is 10.1. The predicted molar refractivity (Wildman–Crippen MR) is 137 cm³/mol. The maximum atomic E-state index is 13.2. The van der Waals surface area contributed by atoms with Gasteiger partial charge in [-0.3, -0.25) is 0 Å². The Morgan fingerprint density at radius 1 is 1.19 bits per heavy atom. The SMILES string of the molecule is CCc1cc(CCC2OC(=O)C(Cc3nc4ncc(C)cn4n3)=C(O)C2C2CCCC2)c(OC)cc1O. The molecule has 1 saturated carbocycles. The van der Waals surface area contributed by atoms with Crippen LogP contribution in [-0.2, 0) is 28.8 Å². The molecule has 1 aromatic carbocycles. The summed E-state index contributed by atoms with van der Waals surface area (Å²) in [6.07, 6.45) is 9.23. The fourth-order valence-electron chi connectivity index (χ4n) is 5.79. The normalized spacial score (nSPS) is 20.6.